The number of nitriles is 2. The molecule has 52 heavy (non-hydrogen) atoms. The average molecular weight is 707 g/mol. The van der Waals surface area contributed by atoms with Gasteiger partial charge in [-0.1, -0.05) is 30.3 Å². The lowest BCUT2D eigenvalue weighted by molar-refractivity contribution is 0.503. The first kappa shape index (κ1) is 36.7. The van der Waals surface area contributed by atoms with Gasteiger partial charge in [-0.15, -0.1) is 0 Å². The Morgan fingerprint density at radius 3 is 1.42 bits per heavy atom. The fraction of sp³-hybridized carbons (Fsp3) is 0.211. The lowest BCUT2D eigenvalue weighted by Crippen LogP contribution is -2.10. The van der Waals surface area contributed by atoms with Gasteiger partial charge in [-0.05, 0) is 76.9 Å². The topological polar surface area (TPSA) is 145 Å². The van der Waals surface area contributed by atoms with Gasteiger partial charge in [0.15, 0.2) is 11.6 Å². The highest BCUT2D eigenvalue weighted by atomic mass is 19.2. The second-order valence-corrected chi connectivity index (χ2v) is 11.8. The van der Waals surface area contributed by atoms with Crippen molar-refractivity contribution >= 4 is 24.9 Å². The van der Waals surface area contributed by atoms with E-state index >= 15 is 0 Å². The summed E-state index contributed by atoms with van der Waals surface area (Å²) in [6.45, 7) is 0. The van der Waals surface area contributed by atoms with Crippen LogP contribution in [0.25, 0.3) is 0 Å². The molecule has 14 heteroatoms. The molecule has 4 N–H and O–H groups in total. The lowest BCUT2D eigenvalue weighted by Gasteiger charge is -2.09. The minimum atomic E-state index is -0.817. The summed E-state index contributed by atoms with van der Waals surface area (Å²) in [5, 5.41) is 32.7. The summed E-state index contributed by atoms with van der Waals surface area (Å²) in [5.41, 5.74) is 16.2. The predicted molar refractivity (Wildman–Crippen MR) is 191 cm³/mol. The second-order valence-electron chi connectivity index (χ2n) is 11.8. The molecule has 4 aliphatic heterocycles. The van der Waals surface area contributed by atoms with Crippen molar-refractivity contribution in [3.63, 3.8) is 0 Å². The van der Waals surface area contributed by atoms with Crippen LogP contribution in [0.2, 0.25) is 0 Å². The van der Waals surface area contributed by atoms with E-state index in [0.717, 1.165) is 42.0 Å². The Kier molecular flexibility index (Phi) is 13.0. The first-order valence-electron chi connectivity index (χ1n) is 16.3. The monoisotopic (exact) mass is 706 g/mol. The molecule has 4 unspecified atom stereocenters. The smallest absolute Gasteiger partial charge is 0.159 e. The summed E-state index contributed by atoms with van der Waals surface area (Å²) in [7, 11) is 0. The Balaban J connectivity index is 0.000000134. The quantitative estimate of drug-likeness (QED) is 0.166. The molecule has 4 aromatic carbocycles. The van der Waals surface area contributed by atoms with E-state index in [1.165, 1.54) is 35.9 Å². The van der Waals surface area contributed by atoms with Gasteiger partial charge in [-0.3, -0.25) is 0 Å². The van der Waals surface area contributed by atoms with Crippen LogP contribution in [0.3, 0.4) is 0 Å². The number of nitrogens with one attached hydrogen (secondary N) is 4. The van der Waals surface area contributed by atoms with Gasteiger partial charge in [0.2, 0.25) is 0 Å². The second kappa shape index (κ2) is 18.5. The number of hydrazone groups is 4. The molecule has 0 bridgehead atoms. The van der Waals surface area contributed by atoms with E-state index in [9.17, 15) is 17.6 Å². The molecule has 0 saturated carbocycles. The van der Waals surface area contributed by atoms with Crippen molar-refractivity contribution in [3.8, 4) is 12.1 Å². The zero-order valence-electron chi connectivity index (χ0n) is 27.7. The van der Waals surface area contributed by atoms with Crippen LogP contribution >= 0.6 is 0 Å². The molecule has 0 aliphatic carbocycles. The Morgan fingerprint density at radius 1 is 0.462 bits per heavy atom. The molecule has 0 fully saturated rings. The largest absolute Gasteiger partial charge is 0.303 e. The van der Waals surface area contributed by atoms with Gasteiger partial charge >= 0.3 is 0 Å². The first-order valence-corrected chi connectivity index (χ1v) is 16.3. The summed E-state index contributed by atoms with van der Waals surface area (Å²) >= 11 is 0. The van der Waals surface area contributed by atoms with Gasteiger partial charge in [-0.25, -0.2) is 17.6 Å². The number of benzene rings is 4. The number of halogens is 4. The van der Waals surface area contributed by atoms with E-state index in [1.807, 2.05) is 42.6 Å². The third-order valence-electron chi connectivity index (χ3n) is 8.14. The van der Waals surface area contributed by atoms with E-state index in [2.05, 4.69) is 48.2 Å². The fourth-order valence-electron chi connectivity index (χ4n) is 5.38. The van der Waals surface area contributed by atoms with Gasteiger partial charge < -0.3 is 21.7 Å². The van der Waals surface area contributed by atoms with Crippen LogP contribution in [0.1, 0.15) is 83.2 Å². The van der Waals surface area contributed by atoms with Crippen LogP contribution in [0.4, 0.5) is 17.6 Å². The van der Waals surface area contributed by atoms with Crippen LogP contribution in [0.5, 0.6) is 0 Å². The van der Waals surface area contributed by atoms with Crippen molar-refractivity contribution < 1.29 is 17.6 Å². The Bertz CT molecular complexity index is 1990. The molecule has 0 radical (unpaired) electrons. The molecule has 0 aromatic heterocycles. The zero-order chi connectivity index (χ0) is 36.7. The van der Waals surface area contributed by atoms with Crippen LogP contribution in [0.15, 0.2) is 105 Å². The molecule has 4 heterocycles. The first-order chi connectivity index (χ1) is 25.3. The van der Waals surface area contributed by atoms with Crippen LogP contribution in [-0.2, 0) is 0 Å². The van der Waals surface area contributed by atoms with Crippen LogP contribution < -0.4 is 21.7 Å². The fourth-order valence-corrected chi connectivity index (χ4v) is 5.38. The average Bonchev–Trinajstić information content (AvgIpc) is 4.02. The van der Waals surface area contributed by atoms with E-state index < -0.39 is 11.6 Å². The third-order valence-corrected chi connectivity index (χ3v) is 8.14. The maximum Gasteiger partial charge on any atom is 0.159 e. The van der Waals surface area contributed by atoms with Crippen LogP contribution in [0, 0.1) is 45.9 Å². The van der Waals surface area contributed by atoms with Crippen molar-refractivity contribution in [3.05, 3.63) is 142 Å². The van der Waals surface area contributed by atoms with Gasteiger partial charge in [0, 0.05) is 50.5 Å². The standard InChI is InChI=1S/C10H8FN3.C10H9N3.C9H8F2N2.C9H9FN2/c11-9-4-7(6-12)3-8(5-9)10-1-2-13-14-10;11-7-8-1-3-9(4-2-8)10-5-6-12-13-10;10-7-2-1-6(5-8(7)11)9-3-4-12-13-9;10-8-3-1-2-7(6-8)9-4-5-11-12-9/h2-5,10,14H,1H2;1-4,6,10,13H,5H2;1-2,4-5,9,13H,3H2;1-3,5-6,9,12H,4H2. The Morgan fingerprint density at radius 2 is 0.942 bits per heavy atom. The minimum Gasteiger partial charge on any atom is -0.303 e. The predicted octanol–water partition coefficient (Wildman–Crippen LogP) is 7.13. The van der Waals surface area contributed by atoms with Crippen molar-refractivity contribution in [2.24, 2.45) is 20.4 Å². The molecule has 4 aliphatic rings. The van der Waals surface area contributed by atoms with Gasteiger partial charge in [0.05, 0.1) is 47.4 Å². The number of hydrogen-bond donors (Lipinski definition) is 4. The Hall–Kier alpha value is -6.54. The van der Waals surface area contributed by atoms with Crippen molar-refractivity contribution in [2.45, 2.75) is 49.9 Å². The molecule has 0 saturated heterocycles. The molecular weight excluding hydrogens is 672 g/mol. The third kappa shape index (κ3) is 10.5. The van der Waals surface area contributed by atoms with Gasteiger partial charge in [-0.2, -0.15) is 30.9 Å². The summed E-state index contributed by atoms with van der Waals surface area (Å²) in [6.07, 6.45) is 10.3. The highest BCUT2D eigenvalue weighted by Crippen LogP contribution is 2.23. The maximum atomic E-state index is 13.0. The van der Waals surface area contributed by atoms with E-state index in [1.54, 1.807) is 36.8 Å². The number of nitrogens with zero attached hydrogens (tertiary/aromatic N) is 6. The number of rotatable bonds is 4. The molecule has 0 amide bonds. The molecule has 0 spiro atoms. The van der Waals surface area contributed by atoms with Gasteiger partial charge in [0.25, 0.3) is 0 Å². The zero-order valence-corrected chi connectivity index (χ0v) is 27.7. The number of hydrogen-bond acceptors (Lipinski definition) is 10. The van der Waals surface area contributed by atoms with E-state index in [0.29, 0.717) is 17.5 Å². The van der Waals surface area contributed by atoms with E-state index in [-0.39, 0.29) is 35.8 Å². The van der Waals surface area contributed by atoms with E-state index in [4.69, 9.17) is 10.5 Å². The molecule has 264 valence electrons. The highest BCUT2D eigenvalue weighted by Gasteiger charge is 2.16. The normalized spacial score (nSPS) is 19.9. The Labute approximate surface area is 298 Å². The van der Waals surface area contributed by atoms with Gasteiger partial charge in [0.1, 0.15) is 11.6 Å². The summed E-state index contributed by atoms with van der Waals surface area (Å²) < 4.78 is 51.1. The van der Waals surface area contributed by atoms with Crippen molar-refractivity contribution in [1.29, 1.82) is 10.5 Å². The lowest BCUT2D eigenvalue weighted by atomic mass is 10.0. The van der Waals surface area contributed by atoms with Crippen molar-refractivity contribution in [1.82, 2.24) is 21.7 Å². The molecular formula is C38H34F4N10. The summed E-state index contributed by atoms with van der Waals surface area (Å²) in [4.78, 5) is 0. The molecule has 8 rings (SSSR count). The molecule has 4 aromatic rings. The maximum absolute atomic E-state index is 13.0. The summed E-state index contributed by atoms with van der Waals surface area (Å²) in [6, 6.07) is 26.8. The van der Waals surface area contributed by atoms with Crippen LogP contribution in [-0.4, -0.2) is 24.9 Å². The SMILES string of the molecule is Fc1ccc(C2CC=NN2)cc1F.Fc1cccc(C2CC=NN2)c1.N#Cc1cc(F)cc(C2CC=NN2)c1.N#Cc1ccc(C2CC=NN2)cc1. The van der Waals surface area contributed by atoms with Crippen molar-refractivity contribution in [2.75, 3.05) is 0 Å². The molecule has 4 atom stereocenters. The summed E-state index contributed by atoms with van der Waals surface area (Å²) in [5.74, 6) is -2.21. The highest BCUT2D eigenvalue weighted by molar-refractivity contribution is 5.62. The molecule has 10 nitrogen and oxygen atoms in total. The minimum absolute atomic E-state index is 0.00204.